The van der Waals surface area contributed by atoms with Gasteiger partial charge in [-0.25, -0.2) is 0 Å². The molecule has 0 amide bonds. The topological polar surface area (TPSA) is 9.23 Å². The van der Waals surface area contributed by atoms with Gasteiger partial charge in [-0.3, -0.25) is 0 Å². The molecule has 112 valence electrons. The van der Waals surface area contributed by atoms with Crippen molar-refractivity contribution in [1.82, 2.24) is 0 Å². The molecule has 0 saturated heterocycles. The highest BCUT2D eigenvalue weighted by Crippen LogP contribution is 2.31. The first-order valence-corrected chi connectivity index (χ1v) is 8.16. The molecule has 0 bridgehead atoms. The van der Waals surface area contributed by atoms with Crippen molar-refractivity contribution < 1.29 is 4.74 Å². The van der Waals surface area contributed by atoms with Crippen molar-refractivity contribution in [3.63, 3.8) is 0 Å². The van der Waals surface area contributed by atoms with Crippen molar-refractivity contribution >= 4 is 0 Å². The van der Waals surface area contributed by atoms with Gasteiger partial charge < -0.3 is 4.74 Å². The molecule has 0 radical (unpaired) electrons. The van der Waals surface area contributed by atoms with Gasteiger partial charge in [0.1, 0.15) is 5.75 Å². The van der Waals surface area contributed by atoms with Gasteiger partial charge in [-0.1, -0.05) is 81.6 Å². The highest BCUT2D eigenvalue weighted by atomic mass is 16.5. The van der Waals surface area contributed by atoms with Crippen LogP contribution < -0.4 is 4.74 Å². The molecule has 0 fully saturated rings. The van der Waals surface area contributed by atoms with E-state index in [1.807, 2.05) is 6.07 Å². The second-order valence-electron chi connectivity index (χ2n) is 5.53. The Bertz CT molecular complexity index is 518. The lowest BCUT2D eigenvalue weighted by atomic mass is 10.0. The zero-order valence-corrected chi connectivity index (χ0v) is 13.2. The molecular formula is C20H26O. The van der Waals surface area contributed by atoms with Crippen LogP contribution >= 0.6 is 0 Å². The molecule has 0 saturated carbocycles. The Morgan fingerprint density at radius 3 is 2.24 bits per heavy atom. The molecule has 0 aliphatic heterocycles. The van der Waals surface area contributed by atoms with E-state index in [4.69, 9.17) is 4.74 Å². The van der Waals surface area contributed by atoms with Crippen LogP contribution in [-0.4, -0.2) is 6.10 Å². The fourth-order valence-corrected chi connectivity index (χ4v) is 2.62. The van der Waals surface area contributed by atoms with Crippen molar-refractivity contribution in [2.75, 3.05) is 0 Å². The summed E-state index contributed by atoms with van der Waals surface area (Å²) in [6.07, 6.45) is 6.24. The number of hydrogen-bond acceptors (Lipinski definition) is 1. The maximum absolute atomic E-state index is 6.34. The number of rotatable bonds is 8. The van der Waals surface area contributed by atoms with Crippen LogP contribution in [0.1, 0.15) is 46.0 Å². The van der Waals surface area contributed by atoms with Crippen molar-refractivity contribution in [3.8, 4) is 16.9 Å². The fraction of sp³-hybridized carbons (Fsp3) is 0.400. The molecule has 1 heteroatoms. The lowest BCUT2D eigenvalue weighted by molar-refractivity contribution is 0.177. The Balaban J connectivity index is 2.19. The van der Waals surface area contributed by atoms with Gasteiger partial charge in [0.15, 0.2) is 0 Å². The Labute approximate surface area is 129 Å². The third kappa shape index (κ3) is 4.63. The zero-order valence-electron chi connectivity index (χ0n) is 13.2. The van der Waals surface area contributed by atoms with Gasteiger partial charge in [0.05, 0.1) is 6.10 Å². The Morgan fingerprint density at radius 1 is 0.810 bits per heavy atom. The molecule has 21 heavy (non-hydrogen) atoms. The summed E-state index contributed by atoms with van der Waals surface area (Å²) >= 11 is 0. The van der Waals surface area contributed by atoms with E-state index in [9.17, 15) is 0 Å². The van der Waals surface area contributed by atoms with E-state index in [0.717, 1.165) is 18.6 Å². The van der Waals surface area contributed by atoms with E-state index >= 15 is 0 Å². The summed E-state index contributed by atoms with van der Waals surface area (Å²) in [5.74, 6) is 1.01. The monoisotopic (exact) mass is 282 g/mol. The lowest BCUT2D eigenvalue weighted by Gasteiger charge is -2.20. The number of unbranched alkanes of at least 4 members (excludes halogenated alkanes) is 1. The molecule has 0 aliphatic carbocycles. The maximum Gasteiger partial charge on any atom is 0.127 e. The molecule has 1 unspecified atom stereocenters. The van der Waals surface area contributed by atoms with E-state index in [-0.39, 0.29) is 0 Å². The first-order chi connectivity index (χ1) is 10.3. The van der Waals surface area contributed by atoms with Gasteiger partial charge in [0.25, 0.3) is 0 Å². The standard InChI is InChI=1S/C20H26O/c1-3-5-14-18(11-4-2)21-20-16-10-9-15-19(20)17-12-7-6-8-13-17/h6-10,12-13,15-16,18H,3-5,11,14H2,1-2H3. The van der Waals surface area contributed by atoms with Crippen molar-refractivity contribution in [2.24, 2.45) is 0 Å². The lowest BCUT2D eigenvalue weighted by Crippen LogP contribution is -2.16. The normalized spacial score (nSPS) is 12.1. The van der Waals surface area contributed by atoms with E-state index in [1.54, 1.807) is 0 Å². The Hall–Kier alpha value is -1.76. The van der Waals surface area contributed by atoms with Crippen LogP contribution in [-0.2, 0) is 0 Å². The average Bonchev–Trinajstić information content (AvgIpc) is 2.54. The summed E-state index contributed by atoms with van der Waals surface area (Å²) in [4.78, 5) is 0. The summed E-state index contributed by atoms with van der Waals surface area (Å²) in [7, 11) is 0. The predicted molar refractivity (Wildman–Crippen MR) is 90.7 cm³/mol. The number of ether oxygens (including phenoxy) is 1. The second-order valence-corrected chi connectivity index (χ2v) is 5.53. The van der Waals surface area contributed by atoms with Gasteiger partial charge in [-0.2, -0.15) is 0 Å². The molecule has 0 spiro atoms. The van der Waals surface area contributed by atoms with E-state index < -0.39 is 0 Å². The molecule has 1 nitrogen and oxygen atoms in total. The molecule has 0 aromatic heterocycles. The van der Waals surface area contributed by atoms with Crippen LogP contribution in [0.3, 0.4) is 0 Å². The minimum Gasteiger partial charge on any atom is -0.490 e. The molecule has 0 N–H and O–H groups in total. The van der Waals surface area contributed by atoms with Crippen LogP contribution in [0.2, 0.25) is 0 Å². The van der Waals surface area contributed by atoms with Gasteiger partial charge >= 0.3 is 0 Å². The SMILES string of the molecule is CCCCC(CCC)Oc1ccccc1-c1ccccc1. The van der Waals surface area contributed by atoms with Crippen molar-refractivity contribution in [2.45, 2.75) is 52.1 Å². The summed E-state index contributed by atoms with van der Waals surface area (Å²) < 4.78 is 6.34. The van der Waals surface area contributed by atoms with Crippen LogP contribution in [0.4, 0.5) is 0 Å². The van der Waals surface area contributed by atoms with Crippen molar-refractivity contribution in [3.05, 3.63) is 54.6 Å². The second kappa shape index (κ2) is 8.51. The summed E-state index contributed by atoms with van der Waals surface area (Å²) in [5.41, 5.74) is 2.41. The smallest absolute Gasteiger partial charge is 0.127 e. The van der Waals surface area contributed by atoms with E-state index in [1.165, 1.54) is 30.4 Å². The third-order valence-electron chi connectivity index (χ3n) is 3.76. The molecule has 2 aromatic carbocycles. The quantitative estimate of drug-likeness (QED) is 0.569. The van der Waals surface area contributed by atoms with Crippen LogP contribution in [0.25, 0.3) is 11.1 Å². The number of benzene rings is 2. The first-order valence-electron chi connectivity index (χ1n) is 8.16. The number of hydrogen-bond donors (Lipinski definition) is 0. The van der Waals surface area contributed by atoms with Crippen LogP contribution in [0, 0.1) is 0 Å². The third-order valence-corrected chi connectivity index (χ3v) is 3.76. The Kier molecular flexibility index (Phi) is 6.33. The van der Waals surface area contributed by atoms with Crippen LogP contribution in [0.5, 0.6) is 5.75 Å². The van der Waals surface area contributed by atoms with E-state index in [2.05, 4.69) is 62.4 Å². The fourth-order valence-electron chi connectivity index (χ4n) is 2.62. The zero-order chi connectivity index (χ0) is 14.9. The molecule has 2 aromatic rings. The predicted octanol–water partition coefficient (Wildman–Crippen LogP) is 6.09. The van der Waals surface area contributed by atoms with Gasteiger partial charge in [0, 0.05) is 5.56 Å². The molecule has 1 atom stereocenters. The average molecular weight is 282 g/mol. The maximum atomic E-state index is 6.34. The molecule has 2 rings (SSSR count). The van der Waals surface area contributed by atoms with Gasteiger partial charge in [0.2, 0.25) is 0 Å². The largest absolute Gasteiger partial charge is 0.490 e. The number of para-hydroxylation sites is 1. The minimum atomic E-state index is 0.333. The van der Waals surface area contributed by atoms with Crippen LogP contribution in [0.15, 0.2) is 54.6 Å². The first kappa shape index (κ1) is 15.6. The summed E-state index contributed by atoms with van der Waals surface area (Å²) in [6.45, 7) is 4.46. The van der Waals surface area contributed by atoms with E-state index in [0.29, 0.717) is 6.10 Å². The Morgan fingerprint density at radius 2 is 1.52 bits per heavy atom. The molecule has 0 aliphatic rings. The van der Waals surface area contributed by atoms with Gasteiger partial charge in [-0.15, -0.1) is 0 Å². The molecular weight excluding hydrogens is 256 g/mol. The summed E-state index contributed by atoms with van der Waals surface area (Å²) in [6, 6.07) is 18.9. The highest BCUT2D eigenvalue weighted by molar-refractivity contribution is 5.70. The van der Waals surface area contributed by atoms with Crippen molar-refractivity contribution in [1.29, 1.82) is 0 Å². The molecule has 0 heterocycles. The minimum absolute atomic E-state index is 0.333. The highest BCUT2D eigenvalue weighted by Gasteiger charge is 2.12. The van der Waals surface area contributed by atoms with Gasteiger partial charge in [-0.05, 0) is 24.5 Å². The summed E-state index contributed by atoms with van der Waals surface area (Å²) in [5, 5.41) is 0.